The lowest BCUT2D eigenvalue weighted by Gasteiger charge is -2.22. The van der Waals surface area contributed by atoms with Gasteiger partial charge in [-0.3, -0.25) is 14.4 Å². The number of carbonyl (C=O) groups is 6. The molecule has 11 nitrogen and oxygen atoms in total. The molecule has 2 N–H and O–H groups in total. The SMILES string of the molecule is CNC(=O)OCCCc1cc2c(c(OC(=O)NC)c1)C(=O)O[C@@H](C)[C@H](C)CCC(=O)C(=O)C(=O)CCC2. The lowest BCUT2D eigenvalue weighted by atomic mass is 9.93. The van der Waals surface area contributed by atoms with E-state index in [9.17, 15) is 28.8 Å². The van der Waals surface area contributed by atoms with Crippen LogP contribution < -0.4 is 15.4 Å². The summed E-state index contributed by atoms with van der Waals surface area (Å²) in [6.07, 6.45) is -0.701. The van der Waals surface area contributed by atoms with Gasteiger partial charge in [-0.15, -0.1) is 0 Å². The Morgan fingerprint density at radius 1 is 0.973 bits per heavy atom. The number of fused-ring (bicyclic) bond motifs is 1. The fourth-order valence-corrected chi connectivity index (χ4v) is 3.81. The van der Waals surface area contributed by atoms with Crippen LogP contribution in [0.25, 0.3) is 0 Å². The minimum Gasteiger partial charge on any atom is -0.459 e. The van der Waals surface area contributed by atoms with E-state index in [0.717, 1.165) is 0 Å². The van der Waals surface area contributed by atoms with Crippen LogP contribution in [0.4, 0.5) is 9.59 Å². The molecule has 1 aromatic carbocycles. The van der Waals surface area contributed by atoms with Crippen LogP contribution in [0.3, 0.4) is 0 Å². The van der Waals surface area contributed by atoms with E-state index in [2.05, 4.69) is 10.6 Å². The summed E-state index contributed by atoms with van der Waals surface area (Å²) in [5, 5.41) is 4.70. The number of ketones is 3. The second-order valence-corrected chi connectivity index (χ2v) is 8.91. The largest absolute Gasteiger partial charge is 0.459 e. The minimum absolute atomic E-state index is 0.00593. The first-order chi connectivity index (χ1) is 17.6. The summed E-state index contributed by atoms with van der Waals surface area (Å²) in [5.41, 5.74) is 1.23. The Morgan fingerprint density at radius 2 is 1.65 bits per heavy atom. The number of Topliss-reactive ketones (excluding diaryl/α,β-unsaturated/α-hetero) is 3. The molecule has 0 fully saturated rings. The van der Waals surface area contributed by atoms with Crippen LogP contribution in [0.5, 0.6) is 5.75 Å². The highest BCUT2D eigenvalue weighted by Crippen LogP contribution is 2.30. The van der Waals surface area contributed by atoms with Crippen LogP contribution in [0.15, 0.2) is 12.1 Å². The van der Waals surface area contributed by atoms with Gasteiger partial charge >= 0.3 is 18.2 Å². The van der Waals surface area contributed by atoms with Crippen LogP contribution in [0, 0.1) is 5.92 Å². The summed E-state index contributed by atoms with van der Waals surface area (Å²) >= 11 is 0. The van der Waals surface area contributed by atoms with Gasteiger partial charge in [-0.2, -0.15) is 0 Å². The third-order valence-electron chi connectivity index (χ3n) is 6.18. The molecular weight excluding hydrogens is 484 g/mol. The van der Waals surface area contributed by atoms with Crippen molar-refractivity contribution in [2.24, 2.45) is 5.92 Å². The second kappa shape index (κ2) is 14.1. The van der Waals surface area contributed by atoms with E-state index in [1.807, 2.05) is 0 Å². The van der Waals surface area contributed by atoms with Crippen LogP contribution >= 0.6 is 0 Å². The average molecular weight is 519 g/mol. The Bertz CT molecular complexity index is 1050. The average Bonchev–Trinajstić information content (AvgIpc) is 2.87. The molecule has 1 heterocycles. The zero-order valence-corrected chi connectivity index (χ0v) is 21.6. The van der Waals surface area contributed by atoms with Gasteiger partial charge in [0.05, 0.1) is 6.61 Å². The first-order valence-corrected chi connectivity index (χ1v) is 12.3. The topological polar surface area (TPSA) is 154 Å². The van der Waals surface area contributed by atoms with E-state index in [4.69, 9.17) is 14.2 Å². The predicted molar refractivity (Wildman–Crippen MR) is 131 cm³/mol. The third kappa shape index (κ3) is 8.69. The van der Waals surface area contributed by atoms with E-state index < -0.39 is 41.6 Å². The molecule has 0 saturated heterocycles. The second-order valence-electron chi connectivity index (χ2n) is 8.91. The van der Waals surface area contributed by atoms with Crippen molar-refractivity contribution in [3.05, 3.63) is 28.8 Å². The summed E-state index contributed by atoms with van der Waals surface area (Å²) in [7, 11) is 2.83. The summed E-state index contributed by atoms with van der Waals surface area (Å²) in [6, 6.07) is 3.30. The van der Waals surface area contributed by atoms with Gasteiger partial charge in [0, 0.05) is 26.9 Å². The summed E-state index contributed by atoms with van der Waals surface area (Å²) in [6.45, 7) is 3.59. The van der Waals surface area contributed by atoms with Crippen molar-refractivity contribution in [3.8, 4) is 5.75 Å². The number of esters is 1. The maximum Gasteiger partial charge on any atom is 0.412 e. The van der Waals surface area contributed by atoms with Crippen molar-refractivity contribution in [2.45, 2.75) is 64.9 Å². The number of alkyl carbamates (subject to hydrolysis) is 1. The molecule has 1 aromatic rings. The molecule has 0 bridgehead atoms. The van der Waals surface area contributed by atoms with E-state index in [-0.39, 0.29) is 55.9 Å². The Morgan fingerprint density at radius 3 is 2.32 bits per heavy atom. The zero-order valence-electron chi connectivity index (χ0n) is 21.6. The molecule has 0 aromatic heterocycles. The van der Waals surface area contributed by atoms with Crippen molar-refractivity contribution < 1.29 is 43.0 Å². The Balaban J connectivity index is 2.45. The number of hydrogen-bond acceptors (Lipinski definition) is 9. The van der Waals surface area contributed by atoms with Crippen molar-refractivity contribution in [3.63, 3.8) is 0 Å². The van der Waals surface area contributed by atoms with E-state index in [0.29, 0.717) is 24.0 Å². The number of rotatable bonds is 5. The van der Waals surface area contributed by atoms with Crippen LogP contribution in [-0.2, 0) is 36.7 Å². The van der Waals surface area contributed by atoms with Gasteiger partial charge in [-0.05, 0) is 62.1 Å². The van der Waals surface area contributed by atoms with Gasteiger partial charge in [0.15, 0.2) is 0 Å². The van der Waals surface area contributed by atoms with E-state index >= 15 is 0 Å². The molecule has 11 heteroatoms. The van der Waals surface area contributed by atoms with Crippen molar-refractivity contribution in [1.29, 1.82) is 0 Å². The number of aryl methyl sites for hydroxylation is 2. The number of hydrogen-bond donors (Lipinski definition) is 2. The molecular formula is C26H34N2O9. The number of nitrogens with one attached hydrogen (secondary N) is 2. The first kappa shape index (κ1) is 29.5. The van der Waals surface area contributed by atoms with Crippen molar-refractivity contribution in [2.75, 3.05) is 20.7 Å². The van der Waals surface area contributed by atoms with Crippen LogP contribution in [0.2, 0.25) is 0 Å². The fourth-order valence-electron chi connectivity index (χ4n) is 3.81. The van der Waals surface area contributed by atoms with Gasteiger partial charge in [0.2, 0.25) is 11.6 Å². The van der Waals surface area contributed by atoms with Crippen molar-refractivity contribution in [1.82, 2.24) is 10.6 Å². The molecule has 1 aliphatic rings. The smallest absolute Gasteiger partial charge is 0.412 e. The molecule has 0 spiro atoms. The summed E-state index contributed by atoms with van der Waals surface area (Å²) in [4.78, 5) is 73.3. The van der Waals surface area contributed by atoms with Gasteiger partial charge < -0.3 is 24.8 Å². The highest BCUT2D eigenvalue weighted by molar-refractivity contribution is 6.63. The molecule has 2 atom stereocenters. The maximum absolute atomic E-state index is 13.3. The van der Waals surface area contributed by atoms with Gasteiger partial charge in [-0.25, -0.2) is 14.4 Å². The minimum atomic E-state index is -1.01. The molecule has 0 unspecified atom stereocenters. The standard InChI is InChI=1S/C26H34N2O9/c1-15-10-11-20(30)23(31)19(29)9-5-8-18-13-17(7-6-12-35-25(33)27-3)14-21(37-26(34)28-4)22(18)24(32)36-16(15)2/h13-16H,5-12H2,1-4H3,(H,27,33)(H,28,34)/t15-,16+/m1/s1. The molecule has 0 aliphatic carbocycles. The van der Waals surface area contributed by atoms with Crippen LogP contribution in [0.1, 0.15) is 67.4 Å². The van der Waals surface area contributed by atoms with Gasteiger partial charge in [-0.1, -0.05) is 13.0 Å². The molecule has 202 valence electrons. The number of cyclic esters (lactones) is 1. The van der Waals surface area contributed by atoms with Gasteiger partial charge in [0.25, 0.3) is 5.78 Å². The maximum atomic E-state index is 13.3. The third-order valence-corrected chi connectivity index (χ3v) is 6.18. The lowest BCUT2D eigenvalue weighted by molar-refractivity contribution is -0.144. The molecule has 1 aliphatic heterocycles. The highest BCUT2D eigenvalue weighted by atomic mass is 16.6. The fraction of sp³-hybridized carbons (Fsp3) is 0.538. The van der Waals surface area contributed by atoms with E-state index in [1.54, 1.807) is 26.0 Å². The number of ether oxygens (including phenoxy) is 3. The first-order valence-electron chi connectivity index (χ1n) is 12.3. The number of amides is 2. The van der Waals surface area contributed by atoms with Gasteiger partial charge in [0.1, 0.15) is 17.4 Å². The normalized spacial score (nSPS) is 19.2. The molecule has 37 heavy (non-hydrogen) atoms. The summed E-state index contributed by atoms with van der Waals surface area (Å²) in [5.74, 6) is -3.50. The quantitative estimate of drug-likeness (QED) is 0.340. The monoisotopic (exact) mass is 518 g/mol. The zero-order chi connectivity index (χ0) is 27.5. The number of benzene rings is 1. The highest BCUT2D eigenvalue weighted by Gasteiger charge is 2.28. The molecule has 0 radical (unpaired) electrons. The lowest BCUT2D eigenvalue weighted by Crippen LogP contribution is -2.28. The molecule has 2 rings (SSSR count). The van der Waals surface area contributed by atoms with Crippen LogP contribution in [-0.4, -0.2) is 62.3 Å². The van der Waals surface area contributed by atoms with E-state index in [1.165, 1.54) is 14.1 Å². The Hall–Kier alpha value is -3.76. The number of carbonyl (C=O) groups excluding carboxylic acids is 6. The Labute approximate surface area is 215 Å². The molecule has 2 amide bonds. The predicted octanol–water partition coefficient (Wildman–Crippen LogP) is 2.70. The summed E-state index contributed by atoms with van der Waals surface area (Å²) < 4.78 is 16.1. The molecule has 0 saturated carbocycles. The van der Waals surface area contributed by atoms with Crippen molar-refractivity contribution >= 4 is 35.5 Å². The Kier molecular flexibility index (Phi) is 11.2.